The summed E-state index contributed by atoms with van der Waals surface area (Å²) in [6, 6.07) is 0. The van der Waals surface area contributed by atoms with Crippen LogP contribution in [0.4, 0.5) is 4.79 Å². The van der Waals surface area contributed by atoms with E-state index in [0.29, 0.717) is 38.3 Å². The van der Waals surface area contributed by atoms with Gasteiger partial charge in [0.2, 0.25) is 0 Å². The van der Waals surface area contributed by atoms with Gasteiger partial charge in [-0.3, -0.25) is 14.4 Å². The molecular weight excluding hydrogens is 621 g/mol. The van der Waals surface area contributed by atoms with Crippen molar-refractivity contribution in [3.63, 3.8) is 0 Å². The molecule has 0 aliphatic carbocycles. The molecule has 0 spiro atoms. The molecule has 0 saturated heterocycles. The number of hydrogen-bond donors (Lipinski definition) is 0. The van der Waals surface area contributed by atoms with Crippen molar-refractivity contribution < 1.29 is 23.9 Å². The van der Waals surface area contributed by atoms with Crippen LogP contribution in [-0.4, -0.2) is 73.1 Å². The second-order valence-electron chi connectivity index (χ2n) is 13.4. The number of unbranched alkanes of at least 4 members (excludes halogenated alkanes) is 18. The third kappa shape index (κ3) is 34.1. The molecule has 0 heterocycles. The number of hydrogen-bond acceptors (Lipinski definition) is 7. The zero-order valence-electron chi connectivity index (χ0n) is 31.7. The van der Waals surface area contributed by atoms with Crippen molar-refractivity contribution in [2.75, 3.05) is 46.1 Å². The smallest absolute Gasteiger partial charge is 0.310 e. The molecule has 0 rings (SSSR count). The van der Waals surface area contributed by atoms with Crippen molar-refractivity contribution >= 4 is 28.9 Å². The Morgan fingerprint density at radius 2 is 1.04 bits per heavy atom. The van der Waals surface area contributed by atoms with Gasteiger partial charge in [-0.05, 0) is 58.7 Å². The molecule has 0 fully saturated rings. The molecule has 0 saturated carbocycles. The Morgan fingerprint density at radius 3 is 1.56 bits per heavy atom. The number of thioether (sulfide) groups is 1. The zero-order chi connectivity index (χ0) is 35.3. The second kappa shape index (κ2) is 36.5. The predicted octanol–water partition coefficient (Wildman–Crippen LogP) is 11.3. The fourth-order valence-corrected chi connectivity index (χ4v) is 6.32. The molecular formula is C40H74N2O5S. The molecule has 7 nitrogen and oxygen atoms in total. The van der Waals surface area contributed by atoms with Crippen molar-refractivity contribution in [1.82, 2.24) is 9.80 Å². The number of ether oxygens (including phenoxy) is 2. The summed E-state index contributed by atoms with van der Waals surface area (Å²) in [5.41, 5.74) is 0. The molecule has 0 aliphatic heterocycles. The lowest BCUT2D eigenvalue weighted by atomic mass is 10.1. The summed E-state index contributed by atoms with van der Waals surface area (Å²) in [6.45, 7) is 6.53. The highest BCUT2D eigenvalue weighted by atomic mass is 32.2. The van der Waals surface area contributed by atoms with E-state index < -0.39 is 0 Å². The molecule has 0 unspecified atom stereocenters. The predicted molar refractivity (Wildman–Crippen MR) is 205 cm³/mol. The average molecular weight is 695 g/mol. The van der Waals surface area contributed by atoms with E-state index in [1.165, 1.54) is 127 Å². The van der Waals surface area contributed by atoms with Gasteiger partial charge in [0.1, 0.15) is 6.61 Å². The van der Waals surface area contributed by atoms with Gasteiger partial charge in [-0.1, -0.05) is 140 Å². The summed E-state index contributed by atoms with van der Waals surface area (Å²) in [5, 5.41) is -0.0149. The lowest BCUT2D eigenvalue weighted by Gasteiger charge is -2.22. The molecule has 0 radical (unpaired) electrons. The highest BCUT2D eigenvalue weighted by Gasteiger charge is 2.16. The van der Waals surface area contributed by atoms with Crippen LogP contribution in [0.25, 0.3) is 0 Å². The number of allylic oxidation sites excluding steroid dienone is 2. The third-order valence-electron chi connectivity index (χ3n) is 8.39. The minimum Gasteiger partial charge on any atom is -0.461 e. The highest BCUT2D eigenvalue weighted by Crippen LogP contribution is 2.14. The Kier molecular flexibility index (Phi) is 35.1. The largest absolute Gasteiger partial charge is 0.461 e. The van der Waals surface area contributed by atoms with E-state index in [0.717, 1.165) is 25.8 Å². The number of carbonyl (C=O) groups is 3. The van der Waals surface area contributed by atoms with Crippen molar-refractivity contribution in [2.24, 2.45) is 0 Å². The zero-order valence-corrected chi connectivity index (χ0v) is 32.5. The summed E-state index contributed by atoms with van der Waals surface area (Å²) in [4.78, 5) is 41.2. The molecule has 1 amide bonds. The summed E-state index contributed by atoms with van der Waals surface area (Å²) in [5.74, 6) is 0.176. The minimum absolute atomic E-state index is 0.0149. The molecule has 0 N–H and O–H groups in total. The summed E-state index contributed by atoms with van der Waals surface area (Å²) in [7, 11) is 3.97. The Morgan fingerprint density at radius 1 is 0.562 bits per heavy atom. The van der Waals surface area contributed by atoms with E-state index in [4.69, 9.17) is 9.47 Å². The summed E-state index contributed by atoms with van der Waals surface area (Å²) in [6.07, 6.45) is 34.5. The first-order valence-electron chi connectivity index (χ1n) is 19.6. The first-order chi connectivity index (χ1) is 23.4. The van der Waals surface area contributed by atoms with E-state index in [9.17, 15) is 14.4 Å². The fraction of sp³-hybridized carbons (Fsp3) is 0.825. The highest BCUT2D eigenvalue weighted by molar-refractivity contribution is 8.13. The molecule has 0 bridgehead atoms. The van der Waals surface area contributed by atoms with Crippen molar-refractivity contribution in [1.29, 1.82) is 0 Å². The molecule has 8 heteroatoms. The van der Waals surface area contributed by atoms with Gasteiger partial charge in [0.15, 0.2) is 0 Å². The number of amides is 1. The van der Waals surface area contributed by atoms with Crippen LogP contribution in [0.2, 0.25) is 0 Å². The van der Waals surface area contributed by atoms with Crippen LogP contribution >= 0.6 is 11.8 Å². The van der Waals surface area contributed by atoms with Crippen LogP contribution in [0.5, 0.6) is 0 Å². The second-order valence-corrected chi connectivity index (χ2v) is 14.4. The molecule has 48 heavy (non-hydrogen) atoms. The van der Waals surface area contributed by atoms with E-state index >= 15 is 0 Å². The topological polar surface area (TPSA) is 76.1 Å². The van der Waals surface area contributed by atoms with E-state index in [-0.39, 0.29) is 30.0 Å². The van der Waals surface area contributed by atoms with E-state index in [2.05, 4.69) is 19.9 Å². The van der Waals surface area contributed by atoms with Crippen LogP contribution in [0.3, 0.4) is 0 Å². The number of nitrogens with zero attached hydrogens (tertiary/aromatic N) is 2. The Bertz CT molecular complexity index is 817. The van der Waals surface area contributed by atoms with Gasteiger partial charge >= 0.3 is 11.9 Å². The molecule has 0 aromatic heterocycles. The minimum atomic E-state index is -0.277. The summed E-state index contributed by atoms with van der Waals surface area (Å²) < 4.78 is 10.6. The molecule has 280 valence electrons. The van der Waals surface area contributed by atoms with Crippen LogP contribution in [0.1, 0.15) is 168 Å². The Hall–Kier alpha value is -1.80. The molecule has 0 aromatic carbocycles. The van der Waals surface area contributed by atoms with Gasteiger partial charge in [-0.2, -0.15) is 0 Å². The van der Waals surface area contributed by atoms with E-state index in [1.807, 2.05) is 31.1 Å². The maximum absolute atomic E-state index is 12.9. The Labute approximate surface area is 300 Å². The van der Waals surface area contributed by atoms with Gasteiger partial charge in [0, 0.05) is 38.2 Å². The van der Waals surface area contributed by atoms with Crippen LogP contribution in [0, 0.1) is 0 Å². The molecule has 0 aliphatic rings. The molecule has 0 aromatic rings. The standard InChI is InChI=1S/C40H74N2O5S/c1-5-7-9-11-13-15-17-19-21-23-25-27-36-47-39(44)31-29-33-42(40(45)48-37-34-41(3)4)32-28-30-38(43)46-35-26-24-22-20-18-16-14-12-10-8-6-2/h25-27,35H,5-24,28-34,36-37H2,1-4H3/b27-25-,35-26-. The monoisotopic (exact) mass is 695 g/mol. The summed E-state index contributed by atoms with van der Waals surface area (Å²) >= 11 is 1.28. The lowest BCUT2D eigenvalue weighted by Crippen LogP contribution is -2.31. The lowest BCUT2D eigenvalue weighted by molar-refractivity contribution is -0.142. The maximum atomic E-state index is 12.9. The van der Waals surface area contributed by atoms with Crippen LogP contribution in [0.15, 0.2) is 24.5 Å². The first kappa shape index (κ1) is 46.2. The average Bonchev–Trinajstić information content (AvgIpc) is 3.06. The normalized spacial score (nSPS) is 11.6. The maximum Gasteiger partial charge on any atom is 0.310 e. The van der Waals surface area contributed by atoms with Gasteiger partial charge in [0.05, 0.1) is 6.26 Å². The van der Waals surface area contributed by atoms with Gasteiger partial charge in [0.25, 0.3) is 5.24 Å². The van der Waals surface area contributed by atoms with Crippen molar-refractivity contribution in [2.45, 2.75) is 168 Å². The van der Waals surface area contributed by atoms with Crippen LogP contribution < -0.4 is 0 Å². The van der Waals surface area contributed by atoms with Gasteiger partial charge in [-0.15, -0.1) is 0 Å². The number of rotatable bonds is 34. The fourth-order valence-electron chi connectivity index (χ4n) is 5.33. The molecule has 0 atom stereocenters. The van der Waals surface area contributed by atoms with E-state index in [1.54, 1.807) is 4.90 Å². The van der Waals surface area contributed by atoms with Crippen LogP contribution in [-0.2, 0) is 19.1 Å². The number of carbonyl (C=O) groups excluding carboxylic acids is 3. The first-order valence-corrected chi connectivity index (χ1v) is 20.6. The Balaban J connectivity index is 4.18. The van der Waals surface area contributed by atoms with Gasteiger partial charge in [-0.25, -0.2) is 0 Å². The quantitative estimate of drug-likeness (QED) is 0.0287. The SMILES string of the molecule is CCCCCCCCCCC/C=C\COC(=O)CCCN(CCCC(=O)O/C=C\CCCCCCCCCCC)C(=O)SCCN(C)C. The van der Waals surface area contributed by atoms with Gasteiger partial charge < -0.3 is 19.3 Å². The van der Waals surface area contributed by atoms with Crippen molar-refractivity contribution in [3.05, 3.63) is 24.5 Å². The van der Waals surface area contributed by atoms with Crippen molar-refractivity contribution in [3.8, 4) is 0 Å². The third-order valence-corrected chi connectivity index (χ3v) is 9.28. The number of esters is 2.